The van der Waals surface area contributed by atoms with Gasteiger partial charge in [-0.25, -0.2) is 9.97 Å². The number of carbonyl (C=O) groups excluding carboxylic acids is 1. The van der Waals surface area contributed by atoms with Crippen LogP contribution in [0.25, 0.3) is 0 Å². The molecule has 6 nitrogen and oxygen atoms in total. The monoisotopic (exact) mass is 302 g/mol. The van der Waals surface area contributed by atoms with Gasteiger partial charge in [0.1, 0.15) is 5.82 Å². The molecule has 0 spiro atoms. The lowest BCUT2D eigenvalue weighted by Crippen LogP contribution is -2.37. The number of aryl methyl sites for hydroxylation is 1. The summed E-state index contributed by atoms with van der Waals surface area (Å²) >= 11 is 1.43. The van der Waals surface area contributed by atoms with Crippen molar-refractivity contribution in [2.45, 2.75) is 18.6 Å². The van der Waals surface area contributed by atoms with E-state index in [9.17, 15) is 9.59 Å². The molecule has 0 aliphatic carbocycles. The van der Waals surface area contributed by atoms with Gasteiger partial charge in [0.15, 0.2) is 5.16 Å². The lowest BCUT2D eigenvalue weighted by molar-refractivity contribution is -0.119. The average molecular weight is 302 g/mol. The summed E-state index contributed by atoms with van der Waals surface area (Å²) in [6, 6.07) is 5.33. The molecule has 7 heteroatoms. The maximum absolute atomic E-state index is 12.3. The van der Waals surface area contributed by atoms with Gasteiger partial charge < -0.3 is 5.32 Å². The van der Waals surface area contributed by atoms with Gasteiger partial charge >= 0.3 is 0 Å². The molecule has 3 heterocycles. The molecule has 1 unspecified atom stereocenters. The Balaban J connectivity index is 1.78. The first-order chi connectivity index (χ1) is 10.1. The van der Waals surface area contributed by atoms with E-state index in [0.717, 1.165) is 0 Å². The van der Waals surface area contributed by atoms with Gasteiger partial charge in [-0.1, -0.05) is 17.8 Å². The minimum absolute atomic E-state index is 0.0807. The maximum Gasteiger partial charge on any atom is 0.257 e. The van der Waals surface area contributed by atoms with E-state index in [-0.39, 0.29) is 17.4 Å². The van der Waals surface area contributed by atoms with Gasteiger partial charge in [0, 0.05) is 30.3 Å². The third-order valence-corrected chi connectivity index (χ3v) is 4.44. The molecule has 1 aliphatic rings. The zero-order chi connectivity index (χ0) is 14.8. The average Bonchev–Trinajstić information content (AvgIpc) is 2.52. The lowest BCUT2D eigenvalue weighted by Gasteiger charge is -2.24. The predicted octanol–water partition coefficient (Wildman–Crippen LogP) is 1.31. The van der Waals surface area contributed by atoms with Crippen LogP contribution in [0.15, 0.2) is 40.5 Å². The Morgan fingerprint density at radius 1 is 1.43 bits per heavy atom. The van der Waals surface area contributed by atoms with Crippen molar-refractivity contribution in [3.63, 3.8) is 0 Å². The predicted molar refractivity (Wildman–Crippen MR) is 80.3 cm³/mol. The fraction of sp³-hybridized carbons (Fsp3) is 0.286. The molecule has 1 N–H and O–H groups in total. The quantitative estimate of drug-likeness (QED) is 0.846. The first-order valence-electron chi connectivity index (χ1n) is 6.56. The fourth-order valence-corrected chi connectivity index (χ4v) is 3.17. The van der Waals surface area contributed by atoms with Crippen molar-refractivity contribution in [1.29, 1.82) is 0 Å². The van der Waals surface area contributed by atoms with Gasteiger partial charge in [0.25, 0.3) is 5.56 Å². The van der Waals surface area contributed by atoms with Crippen LogP contribution >= 0.6 is 11.8 Å². The van der Waals surface area contributed by atoms with Crippen LogP contribution in [0.5, 0.6) is 0 Å². The Hall–Kier alpha value is -2.15. The van der Waals surface area contributed by atoms with Crippen molar-refractivity contribution in [3.8, 4) is 0 Å². The van der Waals surface area contributed by atoms with E-state index >= 15 is 0 Å². The number of carbonyl (C=O) groups is 1. The zero-order valence-corrected chi connectivity index (χ0v) is 12.3. The number of aromatic nitrogens is 3. The second kappa shape index (κ2) is 5.69. The Kier molecular flexibility index (Phi) is 3.74. The van der Waals surface area contributed by atoms with Crippen molar-refractivity contribution in [2.24, 2.45) is 5.92 Å². The van der Waals surface area contributed by atoms with Crippen LogP contribution in [0.4, 0.5) is 5.82 Å². The topological polar surface area (TPSA) is 76.9 Å². The number of nitrogens with zero attached hydrogens (tertiary/aromatic N) is 3. The van der Waals surface area contributed by atoms with E-state index in [2.05, 4.69) is 15.3 Å². The molecule has 3 rings (SSSR count). The smallest absolute Gasteiger partial charge is 0.257 e. The van der Waals surface area contributed by atoms with Gasteiger partial charge in [0.2, 0.25) is 5.91 Å². The van der Waals surface area contributed by atoms with Crippen molar-refractivity contribution in [3.05, 3.63) is 46.5 Å². The van der Waals surface area contributed by atoms with Gasteiger partial charge in [-0.3, -0.25) is 14.2 Å². The highest BCUT2D eigenvalue weighted by Gasteiger charge is 2.27. The number of fused-ring (bicyclic) bond motifs is 1. The zero-order valence-electron chi connectivity index (χ0n) is 11.4. The molecule has 2 aromatic heterocycles. The third kappa shape index (κ3) is 2.82. The van der Waals surface area contributed by atoms with Crippen LogP contribution in [0.2, 0.25) is 0 Å². The number of pyridine rings is 1. The van der Waals surface area contributed by atoms with E-state index in [0.29, 0.717) is 28.8 Å². The van der Waals surface area contributed by atoms with Crippen LogP contribution in [0.3, 0.4) is 0 Å². The SMILES string of the molecule is Cc1cnc2n(c1=O)CC(C(=O)Nc1ccccn1)CS2. The summed E-state index contributed by atoms with van der Waals surface area (Å²) in [5.74, 6) is 0.729. The summed E-state index contributed by atoms with van der Waals surface area (Å²) in [7, 11) is 0. The molecule has 2 aromatic rings. The summed E-state index contributed by atoms with van der Waals surface area (Å²) in [6.45, 7) is 2.08. The molecular weight excluding hydrogens is 288 g/mol. The molecule has 0 saturated carbocycles. The number of thioether (sulfide) groups is 1. The number of hydrogen-bond donors (Lipinski definition) is 1. The first-order valence-corrected chi connectivity index (χ1v) is 7.55. The highest BCUT2D eigenvalue weighted by atomic mass is 32.2. The Morgan fingerprint density at radius 2 is 2.29 bits per heavy atom. The first kappa shape index (κ1) is 13.8. The second-order valence-corrected chi connectivity index (χ2v) is 5.84. The Morgan fingerprint density at radius 3 is 3.05 bits per heavy atom. The highest BCUT2D eigenvalue weighted by Crippen LogP contribution is 2.25. The Labute approximate surface area is 125 Å². The molecule has 1 aliphatic heterocycles. The van der Waals surface area contributed by atoms with Gasteiger partial charge in [-0.2, -0.15) is 0 Å². The lowest BCUT2D eigenvalue weighted by atomic mass is 10.1. The van der Waals surface area contributed by atoms with Crippen LogP contribution in [-0.4, -0.2) is 26.2 Å². The molecule has 0 aromatic carbocycles. The summed E-state index contributed by atoms with van der Waals surface area (Å²) in [5, 5.41) is 3.45. The van der Waals surface area contributed by atoms with Crippen molar-refractivity contribution < 1.29 is 4.79 Å². The fourth-order valence-electron chi connectivity index (χ4n) is 2.12. The number of nitrogens with one attached hydrogen (secondary N) is 1. The summed E-state index contributed by atoms with van der Waals surface area (Å²) < 4.78 is 1.58. The van der Waals surface area contributed by atoms with Gasteiger partial charge in [-0.05, 0) is 19.1 Å². The Bertz CT molecular complexity index is 729. The molecule has 0 bridgehead atoms. The number of hydrogen-bond acceptors (Lipinski definition) is 5. The standard InChI is InChI=1S/C14H14N4O2S/c1-9-6-16-14-18(13(9)20)7-10(8-21-14)12(19)17-11-4-2-3-5-15-11/h2-6,10H,7-8H2,1H3,(H,15,17,19). The van der Waals surface area contributed by atoms with Crippen LogP contribution < -0.4 is 10.9 Å². The van der Waals surface area contributed by atoms with E-state index < -0.39 is 0 Å². The van der Waals surface area contributed by atoms with Gasteiger partial charge in [-0.15, -0.1) is 0 Å². The molecule has 0 radical (unpaired) electrons. The highest BCUT2D eigenvalue weighted by molar-refractivity contribution is 7.99. The minimum Gasteiger partial charge on any atom is -0.310 e. The van der Waals surface area contributed by atoms with Crippen molar-refractivity contribution >= 4 is 23.5 Å². The molecule has 1 amide bonds. The summed E-state index contributed by atoms with van der Waals surface area (Å²) in [5.41, 5.74) is 0.507. The number of rotatable bonds is 2. The van der Waals surface area contributed by atoms with Crippen LogP contribution in [0.1, 0.15) is 5.56 Å². The normalized spacial score (nSPS) is 17.1. The molecule has 21 heavy (non-hydrogen) atoms. The molecule has 1 atom stereocenters. The molecular formula is C14H14N4O2S. The van der Waals surface area contributed by atoms with Crippen molar-refractivity contribution in [2.75, 3.05) is 11.1 Å². The summed E-state index contributed by atoms with van der Waals surface area (Å²) in [4.78, 5) is 32.7. The second-order valence-electron chi connectivity index (χ2n) is 4.85. The number of amides is 1. The largest absolute Gasteiger partial charge is 0.310 e. The molecule has 0 fully saturated rings. The van der Waals surface area contributed by atoms with E-state index in [1.807, 2.05) is 6.07 Å². The van der Waals surface area contributed by atoms with Crippen LogP contribution in [0, 0.1) is 12.8 Å². The third-order valence-electron chi connectivity index (χ3n) is 3.29. The minimum atomic E-state index is -0.272. The maximum atomic E-state index is 12.3. The van der Waals surface area contributed by atoms with E-state index in [4.69, 9.17) is 0 Å². The summed E-state index contributed by atoms with van der Waals surface area (Å²) in [6.07, 6.45) is 3.20. The van der Waals surface area contributed by atoms with Gasteiger partial charge in [0.05, 0.1) is 5.92 Å². The molecule has 0 saturated heterocycles. The van der Waals surface area contributed by atoms with Crippen LogP contribution in [-0.2, 0) is 11.3 Å². The number of anilines is 1. The van der Waals surface area contributed by atoms with E-state index in [1.54, 1.807) is 36.0 Å². The van der Waals surface area contributed by atoms with Crippen molar-refractivity contribution in [1.82, 2.24) is 14.5 Å². The molecule has 108 valence electrons. The van der Waals surface area contributed by atoms with E-state index in [1.165, 1.54) is 11.8 Å².